The number of hydrogen-bond acceptors (Lipinski definition) is 8. The lowest BCUT2D eigenvalue weighted by molar-refractivity contribution is 0.0288. The number of carbonyl (C=O) groups is 1. The molecule has 2 aromatic heterocycles. The fraction of sp³-hybridized carbons (Fsp3) is 0.241. The molecule has 1 saturated carbocycles. The summed E-state index contributed by atoms with van der Waals surface area (Å²) in [4.78, 5) is 17.4. The highest BCUT2D eigenvalue weighted by molar-refractivity contribution is 7.90. The van der Waals surface area contributed by atoms with Crippen LogP contribution in [0.4, 0.5) is 20.2 Å². The van der Waals surface area contributed by atoms with Gasteiger partial charge < -0.3 is 20.5 Å². The Kier molecular flexibility index (Phi) is 9.09. The number of aromatic nitrogens is 2. The molecule has 1 fully saturated rings. The lowest BCUT2D eigenvalue weighted by Gasteiger charge is -2.22. The van der Waals surface area contributed by atoms with E-state index in [0.29, 0.717) is 29.3 Å². The van der Waals surface area contributed by atoms with Crippen LogP contribution in [0.15, 0.2) is 78.1 Å². The van der Waals surface area contributed by atoms with Crippen LogP contribution < -0.4 is 15.8 Å². The summed E-state index contributed by atoms with van der Waals surface area (Å²) >= 11 is 12.7. The van der Waals surface area contributed by atoms with Gasteiger partial charge in [-0.05, 0) is 78.4 Å². The van der Waals surface area contributed by atoms with Gasteiger partial charge in [0.2, 0.25) is 0 Å². The first-order valence-corrected chi connectivity index (χ1v) is 15.3. The van der Waals surface area contributed by atoms with Crippen LogP contribution in [0.1, 0.15) is 40.6 Å². The van der Waals surface area contributed by atoms with Crippen LogP contribution in [0.2, 0.25) is 10.0 Å². The molecule has 1 aliphatic carbocycles. The number of benzene rings is 2. The van der Waals surface area contributed by atoms with Gasteiger partial charge in [-0.2, -0.15) is 8.78 Å². The average Bonchev–Trinajstić information content (AvgIpc) is 3.65. The Morgan fingerprint density at radius 3 is 2.44 bits per heavy atom. The van der Waals surface area contributed by atoms with Crippen molar-refractivity contribution in [2.24, 2.45) is 5.92 Å². The Bertz CT molecular complexity index is 1710. The van der Waals surface area contributed by atoms with Gasteiger partial charge in [-0.1, -0.05) is 29.3 Å². The molecule has 4 aromatic rings. The first-order valence-electron chi connectivity index (χ1n) is 13.1. The van der Waals surface area contributed by atoms with Crippen molar-refractivity contribution in [3.63, 3.8) is 0 Å². The number of ether oxygens (including phenoxy) is 2. The predicted octanol–water partition coefficient (Wildman–Crippen LogP) is 6.57. The third-order valence-electron chi connectivity index (χ3n) is 6.76. The van der Waals surface area contributed by atoms with E-state index >= 15 is 0 Å². The first-order chi connectivity index (χ1) is 20.5. The Morgan fingerprint density at radius 2 is 1.79 bits per heavy atom. The third-order valence-corrected chi connectivity index (χ3v) is 9.12. The molecule has 5 rings (SSSR count). The largest absolute Gasteiger partial charge is 0.491 e. The lowest BCUT2D eigenvalue weighted by atomic mass is 10.0. The van der Waals surface area contributed by atoms with E-state index in [0.717, 1.165) is 16.8 Å². The number of alkyl halides is 2. The molecule has 1 unspecified atom stereocenters. The Morgan fingerprint density at radius 1 is 1.09 bits per heavy atom. The number of hydrogen-bond donors (Lipinski definition) is 2. The van der Waals surface area contributed by atoms with E-state index in [4.69, 9.17) is 38.4 Å². The normalized spacial score (nSPS) is 14.0. The smallest absolute Gasteiger partial charge is 0.356 e. The summed E-state index contributed by atoms with van der Waals surface area (Å²) in [5, 5.41) is 2.49. The highest BCUT2D eigenvalue weighted by Crippen LogP contribution is 2.37. The number of halogens is 4. The Labute approximate surface area is 256 Å². The summed E-state index contributed by atoms with van der Waals surface area (Å²) in [6, 6.07) is 12.6. The monoisotopic (exact) mass is 650 g/mol. The lowest BCUT2D eigenvalue weighted by Crippen LogP contribution is -2.21. The molecule has 9 nitrogen and oxygen atoms in total. The van der Waals surface area contributed by atoms with E-state index in [1.807, 2.05) is 0 Å². The molecule has 2 heterocycles. The molecular weight excluding hydrogens is 625 g/mol. The summed E-state index contributed by atoms with van der Waals surface area (Å²) in [6.07, 6.45) is 4.82. The van der Waals surface area contributed by atoms with Crippen LogP contribution in [0.3, 0.4) is 0 Å². The van der Waals surface area contributed by atoms with Crippen molar-refractivity contribution in [1.29, 1.82) is 0 Å². The second kappa shape index (κ2) is 12.8. The molecule has 0 aliphatic heterocycles. The van der Waals surface area contributed by atoms with E-state index in [2.05, 4.69) is 10.3 Å². The van der Waals surface area contributed by atoms with Crippen LogP contribution in [0, 0.1) is 5.92 Å². The van der Waals surface area contributed by atoms with Crippen molar-refractivity contribution in [1.82, 2.24) is 8.96 Å². The number of pyridine rings is 1. The maximum absolute atomic E-state index is 13.6. The standard InChI is InChI=1S/C29H26Cl2F2N4O5S/c30-22-14-35-15-23(31)21(22)13-26(18-5-10-24(36-29(32)33)27(12-18)41-16-17-3-4-17)42-28(38)25-2-1-11-37(25)43(39,40)20-8-6-19(34)7-9-20/h1-2,5-12,14-15,17,26,29,36H,3-4,13,16,34H2. The van der Waals surface area contributed by atoms with Crippen molar-refractivity contribution in [3.8, 4) is 5.75 Å². The molecule has 0 bridgehead atoms. The minimum atomic E-state index is -4.18. The summed E-state index contributed by atoms with van der Waals surface area (Å²) in [5.41, 5.74) is 6.65. The van der Waals surface area contributed by atoms with E-state index in [-0.39, 0.29) is 38.5 Å². The van der Waals surface area contributed by atoms with Crippen LogP contribution in [-0.4, -0.2) is 36.5 Å². The zero-order valence-corrected chi connectivity index (χ0v) is 24.8. The van der Waals surface area contributed by atoms with E-state index in [1.165, 1.54) is 73.2 Å². The third kappa shape index (κ3) is 7.20. The van der Waals surface area contributed by atoms with Gasteiger partial charge in [0.15, 0.2) is 0 Å². The molecule has 43 heavy (non-hydrogen) atoms. The van der Waals surface area contributed by atoms with Crippen molar-refractivity contribution in [2.75, 3.05) is 17.7 Å². The number of nitrogens with two attached hydrogens (primary N) is 1. The molecule has 14 heteroatoms. The number of carbonyl (C=O) groups excluding carboxylic acids is 1. The van der Waals surface area contributed by atoms with Crippen molar-refractivity contribution >= 4 is 50.6 Å². The number of nitrogens with one attached hydrogen (secondary N) is 1. The predicted molar refractivity (Wildman–Crippen MR) is 158 cm³/mol. The molecule has 1 aliphatic rings. The molecule has 2 aromatic carbocycles. The molecule has 0 spiro atoms. The molecule has 0 saturated heterocycles. The fourth-order valence-electron chi connectivity index (χ4n) is 4.31. The molecule has 0 amide bonds. The highest BCUT2D eigenvalue weighted by Gasteiger charge is 2.28. The van der Waals surface area contributed by atoms with Gasteiger partial charge in [0.25, 0.3) is 10.0 Å². The fourth-order valence-corrected chi connectivity index (χ4v) is 6.16. The molecule has 3 N–H and O–H groups in total. The summed E-state index contributed by atoms with van der Waals surface area (Å²) < 4.78 is 65.7. The summed E-state index contributed by atoms with van der Waals surface area (Å²) in [6.45, 7) is -2.50. The topological polar surface area (TPSA) is 126 Å². The van der Waals surface area contributed by atoms with Gasteiger partial charge >= 0.3 is 12.5 Å². The molecule has 226 valence electrons. The SMILES string of the molecule is Nc1ccc(S(=O)(=O)n2cccc2C(=O)OC(Cc2c(Cl)cncc2Cl)c2ccc(NC(F)F)c(OCC3CC3)c2)cc1. The summed E-state index contributed by atoms with van der Waals surface area (Å²) in [7, 11) is -4.18. The van der Waals surface area contributed by atoms with Crippen molar-refractivity contribution in [2.45, 2.75) is 36.8 Å². The number of esters is 1. The van der Waals surface area contributed by atoms with E-state index in [1.54, 1.807) is 0 Å². The number of anilines is 2. The van der Waals surface area contributed by atoms with Crippen molar-refractivity contribution in [3.05, 3.63) is 100 Å². The Balaban J connectivity index is 1.50. The van der Waals surface area contributed by atoms with Gasteiger partial charge in [0.05, 0.1) is 27.2 Å². The Hall–Kier alpha value is -3.87. The van der Waals surface area contributed by atoms with Gasteiger partial charge in [-0.15, -0.1) is 0 Å². The van der Waals surface area contributed by atoms with Gasteiger partial charge in [-0.3, -0.25) is 4.98 Å². The van der Waals surface area contributed by atoms with E-state index in [9.17, 15) is 22.0 Å². The minimum absolute atomic E-state index is 0.0406. The maximum atomic E-state index is 13.6. The summed E-state index contributed by atoms with van der Waals surface area (Å²) in [5.74, 6) is -0.487. The maximum Gasteiger partial charge on any atom is 0.356 e. The molecular formula is C29H26Cl2F2N4O5S. The molecule has 1 atom stereocenters. The number of rotatable bonds is 12. The number of nitrogen functional groups attached to an aromatic ring is 1. The van der Waals surface area contributed by atoms with Crippen LogP contribution in [-0.2, 0) is 21.2 Å². The average molecular weight is 652 g/mol. The quantitative estimate of drug-likeness (QED) is 0.100. The van der Waals surface area contributed by atoms with Gasteiger partial charge in [0.1, 0.15) is 17.5 Å². The zero-order chi connectivity index (χ0) is 30.7. The molecule has 0 radical (unpaired) electrons. The zero-order valence-electron chi connectivity index (χ0n) is 22.4. The number of nitrogens with zero attached hydrogens (tertiary/aromatic N) is 2. The van der Waals surface area contributed by atoms with E-state index < -0.39 is 28.6 Å². The van der Waals surface area contributed by atoms with Gasteiger partial charge in [-0.25, -0.2) is 17.2 Å². The highest BCUT2D eigenvalue weighted by atomic mass is 35.5. The van der Waals surface area contributed by atoms with Crippen molar-refractivity contribution < 1.29 is 31.5 Å². The van der Waals surface area contributed by atoms with Crippen LogP contribution in [0.5, 0.6) is 5.75 Å². The second-order valence-corrected chi connectivity index (χ2v) is 12.5. The van der Waals surface area contributed by atoms with Crippen LogP contribution >= 0.6 is 23.2 Å². The first kappa shape index (κ1) is 30.6. The van der Waals surface area contributed by atoms with Crippen LogP contribution in [0.25, 0.3) is 0 Å². The minimum Gasteiger partial charge on any atom is -0.491 e. The second-order valence-electron chi connectivity index (χ2n) is 9.90. The van der Waals surface area contributed by atoms with Gasteiger partial charge in [0, 0.05) is 30.7 Å².